The molecule has 8 nitrogen and oxygen atoms in total. The molecule has 8 heteroatoms. The zero-order chi connectivity index (χ0) is 25.0. The first kappa shape index (κ1) is 24.9. The van der Waals surface area contributed by atoms with E-state index in [1.54, 1.807) is 18.2 Å². The molecule has 1 aliphatic carbocycles. The van der Waals surface area contributed by atoms with Crippen LogP contribution in [0, 0.1) is 0 Å². The molecule has 0 heterocycles. The quantitative estimate of drug-likeness (QED) is 0.272. The van der Waals surface area contributed by atoms with Gasteiger partial charge in [0.2, 0.25) is 11.5 Å². The molecule has 4 N–H and O–H groups in total. The van der Waals surface area contributed by atoms with Crippen LogP contribution in [0.15, 0.2) is 30.4 Å². The molecule has 0 radical (unpaired) electrons. The van der Waals surface area contributed by atoms with Crippen molar-refractivity contribution in [1.29, 1.82) is 0 Å². The number of aliphatic hydroxyl groups excluding tert-OH is 1. The molecule has 0 saturated carbocycles. The summed E-state index contributed by atoms with van der Waals surface area (Å²) in [6.45, 7) is 2.09. The van der Waals surface area contributed by atoms with Crippen LogP contribution in [0.5, 0.6) is 28.7 Å². The first-order valence-corrected chi connectivity index (χ1v) is 11.0. The third-order valence-electron chi connectivity index (χ3n) is 5.69. The molecule has 180 valence electrons. The van der Waals surface area contributed by atoms with E-state index in [0.717, 1.165) is 25.3 Å². The second-order valence-electron chi connectivity index (χ2n) is 7.94. The Morgan fingerprint density at radius 3 is 2.21 bits per heavy atom. The minimum absolute atomic E-state index is 0.0423. The number of fused-ring (bicyclic) bond motifs is 2. The number of aliphatic hydroxyl groups is 1. The zero-order valence-corrected chi connectivity index (χ0v) is 19.3. The fraction of sp³-hybridized carbons (Fsp3) is 0.308. The van der Waals surface area contributed by atoms with Crippen molar-refractivity contribution in [2.24, 2.45) is 0 Å². The van der Waals surface area contributed by atoms with Crippen molar-refractivity contribution in [2.45, 2.75) is 38.7 Å². The number of methoxy groups -OCH3 is 2. The van der Waals surface area contributed by atoms with E-state index in [1.165, 1.54) is 26.4 Å². The summed E-state index contributed by atoms with van der Waals surface area (Å²) in [5.74, 6) is -3.45. The van der Waals surface area contributed by atoms with Crippen LogP contribution in [0.25, 0.3) is 6.08 Å². The third kappa shape index (κ3) is 4.49. The zero-order valence-electron chi connectivity index (χ0n) is 19.3. The molecule has 0 bridgehead atoms. The minimum atomic E-state index is -0.752. The maximum atomic E-state index is 13.2. The Balaban J connectivity index is 2.02. The van der Waals surface area contributed by atoms with Gasteiger partial charge >= 0.3 is 0 Å². The molecule has 34 heavy (non-hydrogen) atoms. The molecule has 0 aromatic heterocycles. The Hall–Kier alpha value is -3.78. The van der Waals surface area contributed by atoms with Gasteiger partial charge in [0, 0.05) is 16.7 Å². The first-order chi connectivity index (χ1) is 16.3. The van der Waals surface area contributed by atoms with Crippen LogP contribution < -0.4 is 9.47 Å². The Labute approximate surface area is 197 Å². The highest BCUT2D eigenvalue weighted by molar-refractivity contribution is 6.31. The molecular weight excluding hydrogens is 440 g/mol. The highest BCUT2D eigenvalue weighted by Crippen LogP contribution is 2.48. The van der Waals surface area contributed by atoms with Gasteiger partial charge in [-0.05, 0) is 18.6 Å². The van der Waals surface area contributed by atoms with Crippen LogP contribution >= 0.6 is 0 Å². The summed E-state index contributed by atoms with van der Waals surface area (Å²) in [7, 11) is 2.45. The van der Waals surface area contributed by atoms with Crippen LogP contribution in [0.4, 0.5) is 0 Å². The number of allylic oxidation sites excluding steroid dienone is 2. The van der Waals surface area contributed by atoms with Gasteiger partial charge in [-0.2, -0.15) is 0 Å². The number of carbonyl (C=O) groups excluding carboxylic acids is 2. The standard InChI is InChI=1S/C26H28O8/c1-4-5-6-10-15(27)11-8-7-9-14-12-16-20(26(34-3)21(14)29)23(31)19-17(22(16)30)13-18(28)25(33-2)24(19)32/h7-9,11-13,15,27-29,32H,4-6,10H2,1-3H3. The minimum Gasteiger partial charge on any atom is -0.504 e. The lowest BCUT2D eigenvalue weighted by atomic mass is 9.81. The van der Waals surface area contributed by atoms with Gasteiger partial charge in [-0.25, -0.2) is 0 Å². The van der Waals surface area contributed by atoms with E-state index in [-0.39, 0.29) is 45.1 Å². The lowest BCUT2D eigenvalue weighted by molar-refractivity contribution is 0.0972. The number of carbonyl (C=O) groups is 2. The van der Waals surface area contributed by atoms with Crippen molar-refractivity contribution in [2.75, 3.05) is 14.2 Å². The van der Waals surface area contributed by atoms with E-state index in [1.807, 2.05) is 0 Å². The molecular formula is C26H28O8. The van der Waals surface area contributed by atoms with Crippen molar-refractivity contribution in [3.63, 3.8) is 0 Å². The summed E-state index contributed by atoms with van der Waals surface area (Å²) in [4.78, 5) is 26.5. The highest BCUT2D eigenvalue weighted by atomic mass is 16.5. The van der Waals surface area contributed by atoms with Crippen LogP contribution in [0.3, 0.4) is 0 Å². The van der Waals surface area contributed by atoms with E-state index in [2.05, 4.69) is 6.92 Å². The molecule has 1 atom stereocenters. The summed E-state index contributed by atoms with van der Waals surface area (Å²) < 4.78 is 10.2. The van der Waals surface area contributed by atoms with E-state index in [4.69, 9.17) is 9.47 Å². The number of phenolic OH excluding ortho intramolecular Hbond substituents is 3. The number of benzene rings is 2. The SMILES string of the molecule is CCCCCC(O)C=CC=Cc1cc2c(c(OC)c1O)C(=O)c1c(cc(O)c(OC)c1O)C2=O. The molecule has 0 amide bonds. The predicted octanol–water partition coefficient (Wildman–Crippen LogP) is 4.11. The lowest BCUT2D eigenvalue weighted by Gasteiger charge is -2.23. The van der Waals surface area contributed by atoms with Gasteiger partial charge in [0.15, 0.2) is 28.8 Å². The van der Waals surface area contributed by atoms with Crippen LogP contribution in [0.1, 0.15) is 70.0 Å². The number of aromatic hydroxyl groups is 3. The molecule has 3 rings (SSSR count). The first-order valence-electron chi connectivity index (χ1n) is 11.0. The summed E-state index contributed by atoms with van der Waals surface area (Å²) in [5, 5.41) is 41.3. The molecule has 0 spiro atoms. The van der Waals surface area contributed by atoms with Crippen LogP contribution in [-0.4, -0.2) is 52.3 Å². The number of rotatable bonds is 9. The normalized spacial score (nSPS) is 13.9. The van der Waals surface area contributed by atoms with E-state index >= 15 is 0 Å². The molecule has 1 unspecified atom stereocenters. The topological polar surface area (TPSA) is 134 Å². The average Bonchev–Trinajstić information content (AvgIpc) is 2.80. The molecule has 0 aliphatic heterocycles. The second-order valence-corrected chi connectivity index (χ2v) is 7.94. The molecule has 0 fully saturated rings. The summed E-state index contributed by atoms with van der Waals surface area (Å²) in [6, 6.07) is 2.41. The van der Waals surface area contributed by atoms with Gasteiger partial charge < -0.3 is 29.9 Å². The van der Waals surface area contributed by atoms with Crippen LogP contribution in [-0.2, 0) is 0 Å². The predicted molar refractivity (Wildman–Crippen MR) is 126 cm³/mol. The van der Waals surface area contributed by atoms with Crippen molar-refractivity contribution >= 4 is 17.6 Å². The lowest BCUT2D eigenvalue weighted by Crippen LogP contribution is -2.22. The summed E-state index contributed by atoms with van der Waals surface area (Å²) in [6.07, 6.45) is 9.46. The third-order valence-corrected chi connectivity index (χ3v) is 5.69. The van der Waals surface area contributed by atoms with Crippen molar-refractivity contribution < 1.29 is 39.5 Å². The Morgan fingerprint density at radius 2 is 1.56 bits per heavy atom. The molecule has 2 aromatic carbocycles. The highest BCUT2D eigenvalue weighted by Gasteiger charge is 2.38. The second kappa shape index (κ2) is 10.4. The Morgan fingerprint density at radius 1 is 0.882 bits per heavy atom. The van der Waals surface area contributed by atoms with Crippen molar-refractivity contribution in [3.05, 3.63) is 58.2 Å². The van der Waals surface area contributed by atoms with Crippen molar-refractivity contribution in [3.8, 4) is 28.7 Å². The monoisotopic (exact) mass is 468 g/mol. The van der Waals surface area contributed by atoms with Gasteiger partial charge in [-0.3, -0.25) is 9.59 Å². The van der Waals surface area contributed by atoms with Gasteiger partial charge in [-0.15, -0.1) is 0 Å². The number of ketones is 2. The summed E-state index contributed by atoms with van der Waals surface area (Å²) >= 11 is 0. The largest absolute Gasteiger partial charge is 0.504 e. The fourth-order valence-electron chi connectivity index (χ4n) is 3.97. The molecule has 2 aromatic rings. The maximum absolute atomic E-state index is 13.2. The number of hydrogen-bond donors (Lipinski definition) is 4. The Kier molecular flexibility index (Phi) is 7.63. The number of phenols is 3. The van der Waals surface area contributed by atoms with Gasteiger partial charge in [0.25, 0.3) is 0 Å². The average molecular weight is 469 g/mol. The number of hydrogen-bond acceptors (Lipinski definition) is 8. The van der Waals surface area contributed by atoms with E-state index < -0.39 is 29.2 Å². The Bertz CT molecular complexity index is 1180. The fourth-order valence-corrected chi connectivity index (χ4v) is 3.97. The van der Waals surface area contributed by atoms with Crippen molar-refractivity contribution in [1.82, 2.24) is 0 Å². The van der Waals surface area contributed by atoms with E-state index in [0.29, 0.717) is 6.42 Å². The van der Waals surface area contributed by atoms with Crippen LogP contribution in [0.2, 0.25) is 0 Å². The van der Waals surface area contributed by atoms with E-state index in [9.17, 15) is 30.0 Å². The van der Waals surface area contributed by atoms with Gasteiger partial charge in [0.05, 0.1) is 31.5 Å². The number of ether oxygens (including phenoxy) is 2. The molecule has 0 saturated heterocycles. The van der Waals surface area contributed by atoms with Gasteiger partial charge in [0.1, 0.15) is 0 Å². The maximum Gasteiger partial charge on any atom is 0.203 e. The smallest absolute Gasteiger partial charge is 0.203 e. The number of unbranched alkanes of at least 4 members (excludes halogenated alkanes) is 2. The summed E-state index contributed by atoms with van der Waals surface area (Å²) in [5.41, 5.74) is -0.551. The molecule has 1 aliphatic rings. The van der Waals surface area contributed by atoms with Gasteiger partial charge in [-0.1, -0.05) is 50.5 Å².